The zero-order valence-corrected chi connectivity index (χ0v) is 15.0. The molecule has 0 aliphatic rings. The lowest BCUT2D eigenvalue weighted by Gasteiger charge is -2.09. The molecule has 3 rings (SSSR count). The van der Waals surface area contributed by atoms with Crippen LogP contribution in [0.4, 0.5) is 0 Å². The first kappa shape index (κ1) is 17.1. The van der Waals surface area contributed by atoms with Crippen LogP contribution in [0.2, 0.25) is 0 Å². The van der Waals surface area contributed by atoms with Crippen molar-refractivity contribution in [2.75, 3.05) is 6.61 Å². The van der Waals surface area contributed by atoms with Crippen molar-refractivity contribution in [3.05, 3.63) is 53.7 Å². The fourth-order valence-electron chi connectivity index (χ4n) is 3.07. The Kier molecular flexibility index (Phi) is 5.08. The van der Waals surface area contributed by atoms with Gasteiger partial charge in [-0.2, -0.15) is 5.10 Å². The third-order valence-electron chi connectivity index (χ3n) is 4.26. The van der Waals surface area contributed by atoms with Gasteiger partial charge in [-0.3, -0.25) is 5.10 Å². The van der Waals surface area contributed by atoms with E-state index in [2.05, 4.69) is 41.4 Å². The fraction of sp³-hybridized carbons (Fsp3) is 0.286. The topological polar surface area (TPSA) is 58.1 Å². The minimum atomic E-state index is 0.168. The summed E-state index contributed by atoms with van der Waals surface area (Å²) in [5.74, 6) is 0.822. The van der Waals surface area contributed by atoms with Crippen molar-refractivity contribution in [1.82, 2.24) is 10.2 Å². The molecule has 0 saturated heterocycles. The maximum Gasteiger partial charge on any atom is 0.128 e. The van der Waals surface area contributed by atoms with Crippen LogP contribution in [0.25, 0.3) is 22.4 Å². The first-order chi connectivity index (χ1) is 12.1. The predicted octanol–water partition coefficient (Wildman–Crippen LogP) is 5.11. The summed E-state index contributed by atoms with van der Waals surface area (Å²) in [4.78, 5) is 0. The summed E-state index contributed by atoms with van der Waals surface area (Å²) in [5, 5.41) is 17.9. The number of H-pyrrole nitrogens is 1. The summed E-state index contributed by atoms with van der Waals surface area (Å²) in [6, 6.07) is 13.9. The zero-order chi connectivity index (χ0) is 17.8. The van der Waals surface area contributed by atoms with Crippen LogP contribution in [-0.4, -0.2) is 21.9 Å². The van der Waals surface area contributed by atoms with Crippen molar-refractivity contribution in [1.29, 1.82) is 0 Å². The van der Waals surface area contributed by atoms with Gasteiger partial charge in [0.1, 0.15) is 17.2 Å². The van der Waals surface area contributed by atoms with Gasteiger partial charge in [-0.25, -0.2) is 0 Å². The summed E-state index contributed by atoms with van der Waals surface area (Å²) in [6.45, 7) is 6.66. The minimum Gasteiger partial charge on any atom is -0.507 e. The van der Waals surface area contributed by atoms with Gasteiger partial charge in [0, 0.05) is 22.9 Å². The Morgan fingerprint density at radius 3 is 2.48 bits per heavy atom. The van der Waals surface area contributed by atoms with Crippen molar-refractivity contribution in [3.8, 4) is 33.9 Å². The van der Waals surface area contributed by atoms with Gasteiger partial charge >= 0.3 is 0 Å². The van der Waals surface area contributed by atoms with Crippen LogP contribution >= 0.6 is 0 Å². The van der Waals surface area contributed by atoms with Gasteiger partial charge in [-0.15, -0.1) is 0 Å². The van der Waals surface area contributed by atoms with Crippen LogP contribution in [0.5, 0.6) is 11.5 Å². The smallest absolute Gasteiger partial charge is 0.128 e. The van der Waals surface area contributed by atoms with Crippen LogP contribution in [0.3, 0.4) is 0 Å². The molecule has 2 N–H and O–H groups in total. The van der Waals surface area contributed by atoms with Crippen LogP contribution in [0, 0.1) is 6.92 Å². The van der Waals surface area contributed by atoms with Gasteiger partial charge < -0.3 is 9.84 Å². The fourth-order valence-corrected chi connectivity index (χ4v) is 3.07. The third-order valence-corrected chi connectivity index (χ3v) is 4.26. The zero-order valence-electron chi connectivity index (χ0n) is 15.0. The lowest BCUT2D eigenvalue weighted by molar-refractivity contribution is 0.338. The highest BCUT2D eigenvalue weighted by Gasteiger charge is 2.17. The Morgan fingerprint density at radius 2 is 1.84 bits per heavy atom. The number of benzene rings is 2. The Balaban J connectivity index is 2.02. The largest absolute Gasteiger partial charge is 0.507 e. The molecule has 0 aliphatic heterocycles. The van der Waals surface area contributed by atoms with Gasteiger partial charge in [0.15, 0.2) is 0 Å². The lowest BCUT2D eigenvalue weighted by atomic mass is 9.97. The lowest BCUT2D eigenvalue weighted by Crippen LogP contribution is -1.92. The number of hydrogen-bond acceptors (Lipinski definition) is 3. The molecule has 0 atom stereocenters. The van der Waals surface area contributed by atoms with E-state index in [-0.39, 0.29) is 5.75 Å². The molecule has 3 aromatic rings. The average molecular weight is 336 g/mol. The maximum atomic E-state index is 10.4. The maximum absolute atomic E-state index is 10.4. The summed E-state index contributed by atoms with van der Waals surface area (Å²) in [6.07, 6.45) is 2.21. The molecule has 1 aromatic heterocycles. The van der Waals surface area contributed by atoms with Crippen LogP contribution in [-0.2, 0) is 6.42 Å². The van der Waals surface area contributed by atoms with Crippen molar-refractivity contribution in [3.63, 3.8) is 0 Å². The average Bonchev–Trinajstić information content (AvgIpc) is 2.98. The number of aromatic hydroxyl groups is 1. The highest BCUT2D eigenvalue weighted by atomic mass is 16.5. The number of phenolic OH excluding ortho intramolecular Hbond substituents is 1. The molecule has 2 aromatic carbocycles. The van der Waals surface area contributed by atoms with E-state index in [9.17, 15) is 5.11 Å². The quantitative estimate of drug-likeness (QED) is 0.657. The van der Waals surface area contributed by atoms with Crippen molar-refractivity contribution in [2.45, 2.75) is 33.6 Å². The Bertz CT molecular complexity index is 851. The number of rotatable bonds is 6. The van der Waals surface area contributed by atoms with Crippen molar-refractivity contribution < 1.29 is 9.84 Å². The van der Waals surface area contributed by atoms with Crippen LogP contribution in [0.1, 0.15) is 31.5 Å². The number of aryl methyl sites for hydroxylation is 2. The van der Waals surface area contributed by atoms with Gasteiger partial charge in [-0.1, -0.05) is 37.6 Å². The van der Waals surface area contributed by atoms with E-state index in [4.69, 9.17) is 4.74 Å². The van der Waals surface area contributed by atoms with Crippen LogP contribution < -0.4 is 4.74 Å². The second kappa shape index (κ2) is 7.43. The van der Waals surface area contributed by atoms with E-state index in [1.165, 1.54) is 5.56 Å². The Labute approximate surface area is 148 Å². The molecule has 25 heavy (non-hydrogen) atoms. The van der Waals surface area contributed by atoms with Gasteiger partial charge in [0.25, 0.3) is 0 Å². The molecule has 4 nitrogen and oxygen atoms in total. The Hall–Kier alpha value is -2.75. The molecular formula is C21H24N2O2. The second-order valence-corrected chi connectivity index (χ2v) is 6.13. The van der Waals surface area contributed by atoms with Crippen LogP contribution in [0.15, 0.2) is 42.5 Å². The van der Waals surface area contributed by atoms with Gasteiger partial charge in [0.05, 0.1) is 6.61 Å². The third kappa shape index (κ3) is 3.53. The summed E-state index contributed by atoms with van der Waals surface area (Å²) in [5.41, 5.74) is 5.86. The molecule has 0 radical (unpaired) electrons. The summed E-state index contributed by atoms with van der Waals surface area (Å²) >= 11 is 0. The second-order valence-electron chi connectivity index (χ2n) is 6.13. The molecule has 0 fully saturated rings. The molecule has 0 unspecified atom stereocenters. The van der Waals surface area contributed by atoms with E-state index < -0.39 is 0 Å². The van der Waals surface area contributed by atoms with E-state index in [1.54, 1.807) is 6.07 Å². The number of nitrogens with one attached hydrogen (secondary N) is 1. The first-order valence-corrected chi connectivity index (χ1v) is 8.74. The van der Waals surface area contributed by atoms with E-state index in [0.717, 1.165) is 35.4 Å². The SMILES string of the molecule is CCCc1ccc(-c2c(-c3ccc(OCC)cc3O)n[nH]c2C)cc1. The van der Waals surface area contributed by atoms with E-state index in [1.807, 2.05) is 26.0 Å². The normalized spacial score (nSPS) is 10.8. The number of aromatic amines is 1. The molecule has 4 heteroatoms. The molecule has 0 amide bonds. The number of ether oxygens (including phenoxy) is 1. The highest BCUT2D eigenvalue weighted by Crippen LogP contribution is 2.38. The molecule has 0 bridgehead atoms. The highest BCUT2D eigenvalue weighted by molar-refractivity contribution is 5.85. The van der Waals surface area contributed by atoms with Crippen molar-refractivity contribution in [2.24, 2.45) is 0 Å². The predicted molar refractivity (Wildman–Crippen MR) is 101 cm³/mol. The summed E-state index contributed by atoms with van der Waals surface area (Å²) < 4.78 is 5.45. The molecule has 0 aliphatic carbocycles. The molecule has 0 spiro atoms. The monoisotopic (exact) mass is 336 g/mol. The first-order valence-electron chi connectivity index (χ1n) is 8.74. The number of aromatic nitrogens is 2. The molecule has 130 valence electrons. The van der Waals surface area contributed by atoms with Crippen molar-refractivity contribution >= 4 is 0 Å². The summed E-state index contributed by atoms with van der Waals surface area (Å²) in [7, 11) is 0. The number of hydrogen-bond donors (Lipinski definition) is 2. The Morgan fingerprint density at radius 1 is 1.08 bits per heavy atom. The van der Waals surface area contributed by atoms with E-state index in [0.29, 0.717) is 17.9 Å². The number of phenols is 1. The standard InChI is InChI=1S/C21H24N2O2/c1-4-6-15-7-9-16(10-8-15)20-14(3)22-23-21(20)18-12-11-17(25-5-2)13-19(18)24/h7-13,24H,4-6H2,1-3H3,(H,22,23). The van der Waals surface area contributed by atoms with Gasteiger partial charge in [-0.05, 0) is 43.5 Å². The minimum absolute atomic E-state index is 0.168. The molecular weight excluding hydrogens is 312 g/mol. The van der Waals surface area contributed by atoms with E-state index >= 15 is 0 Å². The van der Waals surface area contributed by atoms with Gasteiger partial charge in [0.2, 0.25) is 0 Å². The number of nitrogens with zero attached hydrogens (tertiary/aromatic N) is 1. The molecule has 1 heterocycles. The molecule has 0 saturated carbocycles.